The van der Waals surface area contributed by atoms with Crippen molar-refractivity contribution in [2.24, 2.45) is 13.0 Å². The molecule has 3 heterocycles. The predicted octanol–water partition coefficient (Wildman–Crippen LogP) is 0.861. The highest BCUT2D eigenvalue weighted by atomic mass is 16.5. The van der Waals surface area contributed by atoms with Crippen LogP contribution in [0.25, 0.3) is 0 Å². The molecule has 0 spiro atoms. The van der Waals surface area contributed by atoms with Gasteiger partial charge in [-0.15, -0.1) is 0 Å². The van der Waals surface area contributed by atoms with Crippen molar-refractivity contribution in [1.82, 2.24) is 25.2 Å². The number of nitrogens with zero attached hydrogens (tertiary/aromatic N) is 4. The topological polar surface area (TPSA) is 93.3 Å². The van der Waals surface area contributed by atoms with Crippen molar-refractivity contribution in [2.75, 3.05) is 7.05 Å². The Morgan fingerprint density at radius 3 is 2.75 bits per heavy atom. The molecule has 128 valence electrons. The van der Waals surface area contributed by atoms with Crippen molar-refractivity contribution >= 4 is 11.8 Å². The summed E-state index contributed by atoms with van der Waals surface area (Å²) in [6, 6.07) is 1.47. The fourth-order valence-corrected chi connectivity index (χ4v) is 3.14. The molecule has 0 radical (unpaired) electrons. The molecule has 8 heteroatoms. The first kappa shape index (κ1) is 16.2. The number of aromatic nitrogens is 3. The molecule has 3 rings (SSSR count). The van der Waals surface area contributed by atoms with Crippen LogP contribution < -0.4 is 5.32 Å². The molecule has 1 saturated heterocycles. The van der Waals surface area contributed by atoms with Crippen LogP contribution in [0.1, 0.15) is 35.2 Å². The summed E-state index contributed by atoms with van der Waals surface area (Å²) in [5.41, 5.74) is 2.62. The van der Waals surface area contributed by atoms with E-state index in [2.05, 4.69) is 15.6 Å². The van der Waals surface area contributed by atoms with E-state index in [-0.39, 0.29) is 30.8 Å². The molecule has 1 fully saturated rings. The van der Waals surface area contributed by atoms with Gasteiger partial charge >= 0.3 is 0 Å². The number of aryl methyl sites for hydroxylation is 2. The molecule has 24 heavy (non-hydrogen) atoms. The molecule has 1 aliphatic rings. The molecule has 0 bridgehead atoms. The SMILES string of the molecule is Cc1cc(CNC(=O)[C@H]2CC(=O)N(C)[C@@H]2c2cnn(C)c2C)on1. The van der Waals surface area contributed by atoms with Gasteiger partial charge in [-0.25, -0.2) is 0 Å². The van der Waals surface area contributed by atoms with Crippen molar-refractivity contribution in [3.05, 3.63) is 35.0 Å². The Labute approximate surface area is 139 Å². The van der Waals surface area contributed by atoms with E-state index < -0.39 is 5.92 Å². The Morgan fingerprint density at radius 2 is 2.17 bits per heavy atom. The van der Waals surface area contributed by atoms with Gasteiger partial charge in [0.2, 0.25) is 11.8 Å². The van der Waals surface area contributed by atoms with Crippen molar-refractivity contribution in [2.45, 2.75) is 32.9 Å². The summed E-state index contributed by atoms with van der Waals surface area (Å²) >= 11 is 0. The maximum atomic E-state index is 12.6. The highest BCUT2D eigenvalue weighted by molar-refractivity contribution is 5.90. The number of hydrogen-bond acceptors (Lipinski definition) is 5. The summed E-state index contributed by atoms with van der Waals surface area (Å²) < 4.78 is 6.85. The van der Waals surface area contributed by atoms with Crippen LogP contribution in [0.2, 0.25) is 0 Å². The number of carbonyl (C=O) groups is 2. The molecule has 2 atom stereocenters. The van der Waals surface area contributed by atoms with E-state index in [0.29, 0.717) is 5.76 Å². The monoisotopic (exact) mass is 331 g/mol. The smallest absolute Gasteiger partial charge is 0.226 e. The molecule has 0 aliphatic carbocycles. The third kappa shape index (κ3) is 2.79. The van der Waals surface area contributed by atoms with Gasteiger partial charge in [-0.2, -0.15) is 5.10 Å². The lowest BCUT2D eigenvalue weighted by molar-refractivity contribution is -0.128. The first-order chi connectivity index (χ1) is 11.4. The number of amides is 2. The Kier molecular flexibility index (Phi) is 4.13. The highest BCUT2D eigenvalue weighted by Crippen LogP contribution is 2.38. The van der Waals surface area contributed by atoms with Crippen molar-refractivity contribution in [3.8, 4) is 0 Å². The van der Waals surface area contributed by atoms with E-state index >= 15 is 0 Å². The minimum Gasteiger partial charge on any atom is -0.359 e. The van der Waals surface area contributed by atoms with Crippen LogP contribution in [0.5, 0.6) is 0 Å². The van der Waals surface area contributed by atoms with Gasteiger partial charge in [0.25, 0.3) is 0 Å². The van der Waals surface area contributed by atoms with Crippen LogP contribution in [-0.2, 0) is 23.2 Å². The van der Waals surface area contributed by atoms with E-state index in [0.717, 1.165) is 17.0 Å². The van der Waals surface area contributed by atoms with Gasteiger partial charge < -0.3 is 14.7 Å². The third-order valence-electron chi connectivity index (χ3n) is 4.63. The number of hydrogen-bond donors (Lipinski definition) is 1. The van der Waals surface area contributed by atoms with E-state index in [1.54, 1.807) is 28.9 Å². The average molecular weight is 331 g/mol. The minimum absolute atomic E-state index is 0.0427. The number of likely N-dealkylation sites (tertiary alicyclic amines) is 1. The fourth-order valence-electron chi connectivity index (χ4n) is 3.14. The Bertz CT molecular complexity index is 779. The molecule has 1 aliphatic heterocycles. The van der Waals surface area contributed by atoms with E-state index in [1.165, 1.54) is 0 Å². The molecule has 2 aromatic heterocycles. The fraction of sp³-hybridized carbons (Fsp3) is 0.500. The van der Waals surface area contributed by atoms with Crippen LogP contribution in [0, 0.1) is 19.8 Å². The van der Waals surface area contributed by atoms with Crippen molar-refractivity contribution in [3.63, 3.8) is 0 Å². The molecule has 2 amide bonds. The van der Waals surface area contributed by atoms with Crippen LogP contribution in [-0.4, -0.2) is 38.7 Å². The maximum Gasteiger partial charge on any atom is 0.226 e. The molecular formula is C16H21N5O3. The summed E-state index contributed by atoms with van der Waals surface area (Å²) in [5, 5.41) is 10.9. The lowest BCUT2D eigenvalue weighted by Crippen LogP contribution is -2.34. The molecular weight excluding hydrogens is 310 g/mol. The lowest BCUT2D eigenvalue weighted by atomic mass is 9.93. The maximum absolute atomic E-state index is 12.6. The number of nitrogens with one attached hydrogen (secondary N) is 1. The zero-order chi connectivity index (χ0) is 17.4. The normalized spacial score (nSPS) is 20.7. The molecule has 0 unspecified atom stereocenters. The molecule has 8 nitrogen and oxygen atoms in total. The van der Waals surface area contributed by atoms with Gasteiger partial charge in [0.15, 0.2) is 5.76 Å². The second-order valence-electron chi connectivity index (χ2n) is 6.22. The zero-order valence-electron chi connectivity index (χ0n) is 14.2. The van der Waals surface area contributed by atoms with E-state index in [9.17, 15) is 9.59 Å². The van der Waals surface area contributed by atoms with Gasteiger partial charge in [0, 0.05) is 37.8 Å². The summed E-state index contributed by atoms with van der Waals surface area (Å²) in [4.78, 5) is 26.4. The standard InChI is InChI=1S/C16H21N5O3/c1-9-5-11(24-19-9)7-17-16(23)12-6-14(22)20(3)15(12)13-8-18-21(4)10(13)2/h5,8,12,15H,6-7H2,1-4H3,(H,17,23)/t12-,15-/m0/s1. The van der Waals surface area contributed by atoms with Gasteiger partial charge in [-0.05, 0) is 13.8 Å². The number of rotatable bonds is 4. The van der Waals surface area contributed by atoms with Crippen molar-refractivity contribution < 1.29 is 14.1 Å². The lowest BCUT2D eigenvalue weighted by Gasteiger charge is -2.24. The van der Waals surface area contributed by atoms with Crippen LogP contribution in [0.4, 0.5) is 0 Å². The van der Waals surface area contributed by atoms with Crippen molar-refractivity contribution in [1.29, 1.82) is 0 Å². The third-order valence-corrected chi connectivity index (χ3v) is 4.63. The Balaban J connectivity index is 1.78. The molecule has 1 N–H and O–H groups in total. The summed E-state index contributed by atoms with van der Waals surface area (Å²) in [5.74, 6) is -0.0732. The van der Waals surface area contributed by atoms with E-state index in [4.69, 9.17) is 4.52 Å². The quantitative estimate of drug-likeness (QED) is 0.897. The molecule has 0 aromatic carbocycles. The minimum atomic E-state index is -0.450. The first-order valence-corrected chi connectivity index (χ1v) is 7.82. The zero-order valence-corrected chi connectivity index (χ0v) is 14.2. The average Bonchev–Trinajstić information content (AvgIpc) is 3.19. The second-order valence-corrected chi connectivity index (χ2v) is 6.22. The highest BCUT2D eigenvalue weighted by Gasteiger charge is 2.43. The Morgan fingerprint density at radius 1 is 1.42 bits per heavy atom. The summed E-state index contributed by atoms with van der Waals surface area (Å²) in [6.07, 6.45) is 1.92. The molecule has 0 saturated carbocycles. The van der Waals surface area contributed by atoms with Gasteiger partial charge in [-0.3, -0.25) is 14.3 Å². The predicted molar refractivity (Wildman–Crippen MR) is 84.6 cm³/mol. The van der Waals surface area contributed by atoms with Gasteiger partial charge in [0.1, 0.15) is 0 Å². The summed E-state index contributed by atoms with van der Waals surface area (Å²) in [7, 11) is 3.57. The Hall–Kier alpha value is -2.64. The van der Waals surface area contributed by atoms with Gasteiger partial charge in [0.05, 0.1) is 30.4 Å². The second kappa shape index (κ2) is 6.10. The number of carbonyl (C=O) groups excluding carboxylic acids is 2. The van der Waals surface area contributed by atoms with E-state index in [1.807, 2.05) is 20.9 Å². The summed E-state index contributed by atoms with van der Waals surface area (Å²) in [6.45, 7) is 4.01. The van der Waals surface area contributed by atoms with Crippen LogP contribution in [0.15, 0.2) is 16.8 Å². The largest absolute Gasteiger partial charge is 0.359 e. The first-order valence-electron chi connectivity index (χ1n) is 7.82. The van der Waals surface area contributed by atoms with Crippen LogP contribution in [0.3, 0.4) is 0 Å². The molecule has 2 aromatic rings. The van der Waals surface area contributed by atoms with Gasteiger partial charge in [-0.1, -0.05) is 5.16 Å². The van der Waals surface area contributed by atoms with Crippen LogP contribution >= 0.6 is 0 Å².